The molecule has 3 nitrogen and oxygen atoms in total. The van der Waals surface area contributed by atoms with E-state index in [1.807, 2.05) is 0 Å². The van der Waals surface area contributed by atoms with Crippen LogP contribution in [0.4, 0.5) is 10.1 Å². The fourth-order valence-electron chi connectivity index (χ4n) is 1.11. The molecule has 1 aromatic carbocycles. The van der Waals surface area contributed by atoms with E-state index in [0.717, 1.165) is 0 Å². The van der Waals surface area contributed by atoms with Crippen LogP contribution >= 0.6 is 11.6 Å². The van der Waals surface area contributed by atoms with Crippen LogP contribution in [0.5, 0.6) is 0 Å². The molecule has 0 aliphatic carbocycles. The van der Waals surface area contributed by atoms with Gasteiger partial charge in [-0.3, -0.25) is 0 Å². The van der Waals surface area contributed by atoms with E-state index in [2.05, 4.69) is 5.32 Å². The van der Waals surface area contributed by atoms with Crippen molar-refractivity contribution in [2.45, 2.75) is 13.0 Å². The van der Waals surface area contributed by atoms with Crippen LogP contribution in [0.1, 0.15) is 5.56 Å². The van der Waals surface area contributed by atoms with Crippen LogP contribution in [-0.2, 0) is 0 Å². The Balaban J connectivity index is 2.73. The van der Waals surface area contributed by atoms with Crippen molar-refractivity contribution in [3.63, 3.8) is 0 Å². The van der Waals surface area contributed by atoms with Gasteiger partial charge in [0.2, 0.25) is 0 Å². The number of anilines is 1. The Morgan fingerprint density at radius 1 is 1.53 bits per heavy atom. The summed E-state index contributed by atoms with van der Waals surface area (Å²) in [6, 6.07) is 2.78. The molecule has 0 spiro atoms. The lowest BCUT2D eigenvalue weighted by Gasteiger charge is -2.13. The maximum absolute atomic E-state index is 13.2. The van der Waals surface area contributed by atoms with Crippen molar-refractivity contribution in [1.82, 2.24) is 0 Å². The third-order valence-corrected chi connectivity index (χ3v) is 2.42. The van der Waals surface area contributed by atoms with Gasteiger partial charge in [0.05, 0.1) is 10.7 Å². The van der Waals surface area contributed by atoms with Crippen LogP contribution in [-0.4, -0.2) is 19.1 Å². The number of hydrogen-bond donors (Lipinski definition) is 3. The first-order valence-electron chi connectivity index (χ1n) is 4.69. The Morgan fingerprint density at radius 3 is 2.80 bits per heavy atom. The van der Waals surface area contributed by atoms with E-state index >= 15 is 0 Å². The maximum atomic E-state index is 13.2. The summed E-state index contributed by atoms with van der Waals surface area (Å²) in [6.45, 7) is 2.51. The quantitative estimate of drug-likeness (QED) is 0.736. The van der Waals surface area contributed by atoms with E-state index in [-0.39, 0.29) is 11.9 Å². The fourth-order valence-corrected chi connectivity index (χ4v) is 1.39. The predicted octanol–water partition coefficient (Wildman–Crippen LogP) is 1.49. The molecular formula is C10H15ClFN3. The molecule has 5 N–H and O–H groups in total. The molecule has 0 radical (unpaired) electrons. The van der Waals surface area contributed by atoms with Crippen molar-refractivity contribution < 1.29 is 4.39 Å². The van der Waals surface area contributed by atoms with Crippen molar-refractivity contribution in [1.29, 1.82) is 0 Å². The van der Waals surface area contributed by atoms with Gasteiger partial charge >= 0.3 is 0 Å². The predicted molar refractivity (Wildman–Crippen MR) is 61.7 cm³/mol. The van der Waals surface area contributed by atoms with Crippen LogP contribution in [0.3, 0.4) is 0 Å². The lowest BCUT2D eigenvalue weighted by Crippen LogP contribution is -2.36. The zero-order valence-corrected chi connectivity index (χ0v) is 9.31. The highest BCUT2D eigenvalue weighted by atomic mass is 35.5. The van der Waals surface area contributed by atoms with Crippen LogP contribution in [0.15, 0.2) is 12.1 Å². The molecular weight excluding hydrogens is 217 g/mol. The molecule has 1 unspecified atom stereocenters. The van der Waals surface area contributed by atoms with Crippen LogP contribution < -0.4 is 16.8 Å². The van der Waals surface area contributed by atoms with Crippen molar-refractivity contribution in [2.24, 2.45) is 11.5 Å². The summed E-state index contributed by atoms with van der Waals surface area (Å²) in [6.07, 6.45) is 0. The van der Waals surface area contributed by atoms with E-state index in [0.29, 0.717) is 29.4 Å². The molecule has 84 valence electrons. The second-order valence-corrected chi connectivity index (χ2v) is 3.87. The number of hydrogen-bond acceptors (Lipinski definition) is 3. The molecule has 1 atom stereocenters. The van der Waals surface area contributed by atoms with Crippen molar-refractivity contribution in [3.05, 3.63) is 28.5 Å². The van der Waals surface area contributed by atoms with Gasteiger partial charge in [0.25, 0.3) is 0 Å². The monoisotopic (exact) mass is 231 g/mol. The smallest absolute Gasteiger partial charge is 0.128 e. The van der Waals surface area contributed by atoms with Crippen molar-refractivity contribution >= 4 is 17.3 Å². The Kier molecular flexibility index (Phi) is 4.32. The molecule has 1 aromatic rings. The topological polar surface area (TPSA) is 64.1 Å². The van der Waals surface area contributed by atoms with Crippen LogP contribution in [0.2, 0.25) is 5.02 Å². The Bertz CT molecular complexity index is 344. The minimum Gasteiger partial charge on any atom is -0.382 e. The number of nitrogens with one attached hydrogen (secondary N) is 1. The standard InChI is InChI=1S/C10H15ClFN3/c1-6-2-8(11)10(3-9(6)12)15-5-7(14)4-13/h2-3,7,15H,4-5,13-14H2,1H3. The average Bonchev–Trinajstić information content (AvgIpc) is 2.21. The number of benzene rings is 1. The number of rotatable bonds is 4. The summed E-state index contributed by atoms with van der Waals surface area (Å²) in [5.74, 6) is -0.289. The summed E-state index contributed by atoms with van der Waals surface area (Å²) in [5.41, 5.74) is 12.0. The largest absolute Gasteiger partial charge is 0.382 e. The molecule has 0 bridgehead atoms. The summed E-state index contributed by atoms with van der Waals surface area (Å²) >= 11 is 5.93. The molecule has 5 heteroatoms. The van der Waals surface area contributed by atoms with E-state index in [1.165, 1.54) is 6.07 Å². The van der Waals surface area contributed by atoms with Gasteiger partial charge in [0, 0.05) is 19.1 Å². The second kappa shape index (κ2) is 5.30. The number of nitrogens with two attached hydrogens (primary N) is 2. The summed E-state index contributed by atoms with van der Waals surface area (Å²) in [4.78, 5) is 0. The fraction of sp³-hybridized carbons (Fsp3) is 0.400. The molecule has 0 aliphatic rings. The molecule has 0 heterocycles. The Morgan fingerprint density at radius 2 is 2.20 bits per heavy atom. The summed E-state index contributed by atoms with van der Waals surface area (Å²) < 4.78 is 13.2. The summed E-state index contributed by atoms with van der Waals surface area (Å²) in [7, 11) is 0. The highest BCUT2D eigenvalue weighted by Crippen LogP contribution is 2.24. The molecule has 1 rings (SSSR count). The number of aryl methyl sites for hydroxylation is 1. The molecule has 15 heavy (non-hydrogen) atoms. The van der Waals surface area contributed by atoms with E-state index < -0.39 is 0 Å². The molecule has 0 saturated heterocycles. The highest BCUT2D eigenvalue weighted by molar-refractivity contribution is 6.33. The van der Waals surface area contributed by atoms with E-state index in [1.54, 1.807) is 13.0 Å². The minimum absolute atomic E-state index is 0.162. The van der Waals surface area contributed by atoms with Crippen molar-refractivity contribution in [3.8, 4) is 0 Å². The molecule has 0 saturated carbocycles. The first-order chi connectivity index (χ1) is 7.04. The second-order valence-electron chi connectivity index (χ2n) is 3.46. The van der Waals surface area contributed by atoms with Gasteiger partial charge in [0.1, 0.15) is 5.82 Å². The molecule has 0 amide bonds. The van der Waals surface area contributed by atoms with Gasteiger partial charge in [0.15, 0.2) is 0 Å². The van der Waals surface area contributed by atoms with Gasteiger partial charge in [-0.05, 0) is 24.6 Å². The van der Waals surface area contributed by atoms with Gasteiger partial charge in [-0.25, -0.2) is 4.39 Å². The maximum Gasteiger partial charge on any atom is 0.128 e. The summed E-state index contributed by atoms with van der Waals surface area (Å²) in [5, 5.41) is 3.44. The van der Waals surface area contributed by atoms with E-state index in [4.69, 9.17) is 23.1 Å². The number of halogens is 2. The SMILES string of the molecule is Cc1cc(Cl)c(NCC(N)CN)cc1F. The van der Waals surface area contributed by atoms with Crippen LogP contribution in [0.25, 0.3) is 0 Å². The zero-order chi connectivity index (χ0) is 11.4. The lowest BCUT2D eigenvalue weighted by molar-refractivity contribution is 0.618. The first kappa shape index (κ1) is 12.2. The van der Waals surface area contributed by atoms with Crippen molar-refractivity contribution in [2.75, 3.05) is 18.4 Å². The van der Waals surface area contributed by atoms with Crippen LogP contribution in [0, 0.1) is 12.7 Å². The lowest BCUT2D eigenvalue weighted by atomic mass is 10.2. The Labute approximate surface area is 93.6 Å². The normalized spacial score (nSPS) is 12.6. The molecule has 0 fully saturated rings. The Hall–Kier alpha value is -0.840. The van der Waals surface area contributed by atoms with Gasteiger partial charge < -0.3 is 16.8 Å². The third kappa shape index (κ3) is 3.34. The van der Waals surface area contributed by atoms with Gasteiger partial charge in [-0.2, -0.15) is 0 Å². The molecule has 0 aromatic heterocycles. The van der Waals surface area contributed by atoms with E-state index in [9.17, 15) is 4.39 Å². The highest BCUT2D eigenvalue weighted by Gasteiger charge is 2.06. The minimum atomic E-state index is -0.289. The zero-order valence-electron chi connectivity index (χ0n) is 8.56. The molecule has 0 aliphatic heterocycles. The third-order valence-electron chi connectivity index (χ3n) is 2.11. The van der Waals surface area contributed by atoms with Gasteiger partial charge in [-0.15, -0.1) is 0 Å². The van der Waals surface area contributed by atoms with Gasteiger partial charge in [-0.1, -0.05) is 11.6 Å². The average molecular weight is 232 g/mol. The first-order valence-corrected chi connectivity index (χ1v) is 5.07.